The summed E-state index contributed by atoms with van der Waals surface area (Å²) in [4.78, 5) is 9.05. The SMILES string of the molecule is O=[N+]([O-])c1ccc(S(=O)(=O)Nc2ccccc2Br)c(F)c1. The second-order valence-corrected chi connectivity index (χ2v) is 6.46. The molecule has 0 saturated carbocycles. The first kappa shape index (κ1) is 15.4. The Morgan fingerprint density at radius 1 is 1.19 bits per heavy atom. The summed E-state index contributed by atoms with van der Waals surface area (Å²) < 4.78 is 40.7. The summed E-state index contributed by atoms with van der Waals surface area (Å²) in [7, 11) is -4.19. The quantitative estimate of drug-likeness (QED) is 0.656. The van der Waals surface area contributed by atoms with Crippen molar-refractivity contribution >= 4 is 37.3 Å². The molecule has 1 N–H and O–H groups in total. The number of sulfonamides is 1. The Kier molecular flexibility index (Phi) is 4.24. The highest BCUT2D eigenvalue weighted by Gasteiger charge is 2.22. The number of nitrogens with zero attached hydrogens (tertiary/aromatic N) is 1. The van der Waals surface area contributed by atoms with Gasteiger partial charge in [0.2, 0.25) is 0 Å². The lowest BCUT2D eigenvalue weighted by atomic mass is 10.3. The van der Waals surface area contributed by atoms with Crippen LogP contribution < -0.4 is 4.72 Å². The maximum Gasteiger partial charge on any atom is 0.272 e. The minimum absolute atomic E-state index is 0.232. The molecule has 0 aliphatic carbocycles. The normalized spacial score (nSPS) is 11.1. The number of para-hydroxylation sites is 1. The van der Waals surface area contributed by atoms with E-state index in [1.165, 1.54) is 6.07 Å². The summed E-state index contributed by atoms with van der Waals surface area (Å²) in [6, 6.07) is 8.75. The molecule has 0 amide bonds. The van der Waals surface area contributed by atoms with E-state index in [9.17, 15) is 22.9 Å². The maximum atomic E-state index is 13.8. The van der Waals surface area contributed by atoms with Crippen LogP contribution in [0.5, 0.6) is 0 Å². The fourth-order valence-corrected chi connectivity index (χ4v) is 3.22. The summed E-state index contributed by atoms with van der Waals surface area (Å²) in [6.07, 6.45) is 0. The van der Waals surface area contributed by atoms with E-state index in [0.29, 0.717) is 10.5 Å². The smallest absolute Gasteiger partial charge is 0.272 e. The van der Waals surface area contributed by atoms with Gasteiger partial charge in [-0.2, -0.15) is 0 Å². The van der Waals surface area contributed by atoms with Gasteiger partial charge in [0, 0.05) is 10.5 Å². The van der Waals surface area contributed by atoms with Gasteiger partial charge in [-0.1, -0.05) is 12.1 Å². The number of benzene rings is 2. The third kappa shape index (κ3) is 3.37. The van der Waals surface area contributed by atoms with E-state index in [1.807, 2.05) is 0 Å². The van der Waals surface area contributed by atoms with Crippen molar-refractivity contribution in [1.29, 1.82) is 0 Å². The van der Waals surface area contributed by atoms with Gasteiger partial charge < -0.3 is 0 Å². The molecular formula is C12H8BrFN2O4S. The average molecular weight is 375 g/mol. The molecule has 9 heteroatoms. The highest BCUT2D eigenvalue weighted by Crippen LogP contribution is 2.26. The van der Waals surface area contributed by atoms with E-state index in [0.717, 1.165) is 12.1 Å². The van der Waals surface area contributed by atoms with Crippen LogP contribution in [-0.4, -0.2) is 13.3 Å². The lowest BCUT2D eigenvalue weighted by molar-refractivity contribution is -0.385. The molecule has 0 unspecified atom stereocenters. The number of non-ortho nitro benzene ring substituents is 1. The van der Waals surface area contributed by atoms with Gasteiger partial charge in [0.1, 0.15) is 4.90 Å². The Labute approximate surface area is 127 Å². The highest BCUT2D eigenvalue weighted by molar-refractivity contribution is 9.10. The molecule has 0 aromatic heterocycles. The molecule has 0 atom stereocenters. The van der Waals surface area contributed by atoms with E-state index < -0.39 is 31.3 Å². The lowest BCUT2D eigenvalue weighted by Gasteiger charge is -2.10. The first-order valence-electron chi connectivity index (χ1n) is 5.52. The van der Waals surface area contributed by atoms with E-state index in [4.69, 9.17) is 0 Å². The van der Waals surface area contributed by atoms with Crippen LogP contribution >= 0.6 is 15.9 Å². The molecule has 0 fully saturated rings. The number of nitro benzene ring substituents is 1. The van der Waals surface area contributed by atoms with Crippen molar-refractivity contribution in [2.24, 2.45) is 0 Å². The molecule has 2 aromatic carbocycles. The van der Waals surface area contributed by atoms with Crippen LogP contribution in [0.2, 0.25) is 0 Å². The predicted molar refractivity (Wildman–Crippen MR) is 78.0 cm³/mol. The number of hydrogen-bond donors (Lipinski definition) is 1. The van der Waals surface area contributed by atoms with Crippen molar-refractivity contribution in [3.8, 4) is 0 Å². The molecule has 0 spiro atoms. The molecule has 0 aliphatic heterocycles. The van der Waals surface area contributed by atoms with Crippen molar-refractivity contribution < 1.29 is 17.7 Å². The minimum atomic E-state index is -4.19. The zero-order valence-corrected chi connectivity index (χ0v) is 12.7. The first-order valence-corrected chi connectivity index (χ1v) is 7.80. The zero-order chi connectivity index (χ0) is 15.6. The number of hydrogen-bond acceptors (Lipinski definition) is 4. The Morgan fingerprint density at radius 3 is 2.43 bits per heavy atom. The number of nitro groups is 1. The molecular weight excluding hydrogens is 367 g/mol. The van der Waals surface area contributed by atoms with Crippen molar-refractivity contribution in [1.82, 2.24) is 0 Å². The monoisotopic (exact) mass is 374 g/mol. The van der Waals surface area contributed by atoms with E-state index in [-0.39, 0.29) is 5.69 Å². The number of rotatable bonds is 4. The second-order valence-electron chi connectivity index (χ2n) is 3.96. The Balaban J connectivity index is 2.41. The second kappa shape index (κ2) is 5.78. The van der Waals surface area contributed by atoms with Crippen LogP contribution in [-0.2, 0) is 10.0 Å². The van der Waals surface area contributed by atoms with Gasteiger partial charge in [-0.15, -0.1) is 0 Å². The molecule has 2 aromatic rings. The highest BCUT2D eigenvalue weighted by atomic mass is 79.9. The molecule has 0 radical (unpaired) electrons. The van der Waals surface area contributed by atoms with Crippen LogP contribution in [0.1, 0.15) is 0 Å². The Hall–Kier alpha value is -2.00. The summed E-state index contributed by atoms with van der Waals surface area (Å²) in [6.45, 7) is 0. The molecule has 2 rings (SSSR count). The fourth-order valence-electron chi connectivity index (χ4n) is 1.56. The van der Waals surface area contributed by atoms with Gasteiger partial charge in [0.15, 0.2) is 5.82 Å². The number of anilines is 1. The van der Waals surface area contributed by atoms with E-state index in [1.54, 1.807) is 18.2 Å². The molecule has 6 nitrogen and oxygen atoms in total. The molecule has 0 aliphatic rings. The number of halogens is 2. The molecule has 0 saturated heterocycles. The third-order valence-electron chi connectivity index (χ3n) is 2.53. The van der Waals surface area contributed by atoms with Crippen LogP contribution in [0.15, 0.2) is 51.8 Å². The fraction of sp³-hybridized carbons (Fsp3) is 0. The largest absolute Gasteiger partial charge is 0.278 e. The summed E-state index contributed by atoms with van der Waals surface area (Å²) in [5.41, 5.74) is -0.289. The van der Waals surface area contributed by atoms with Gasteiger partial charge in [-0.05, 0) is 34.1 Å². The molecule has 0 heterocycles. The number of nitrogens with one attached hydrogen (secondary N) is 1. The van der Waals surface area contributed by atoms with Crippen molar-refractivity contribution in [2.45, 2.75) is 4.90 Å². The summed E-state index contributed by atoms with van der Waals surface area (Å²) in [5.74, 6) is -1.19. The topological polar surface area (TPSA) is 89.3 Å². The summed E-state index contributed by atoms with van der Waals surface area (Å²) >= 11 is 3.16. The van der Waals surface area contributed by atoms with E-state index >= 15 is 0 Å². The van der Waals surface area contributed by atoms with Gasteiger partial charge in [-0.25, -0.2) is 12.8 Å². The average Bonchev–Trinajstić information content (AvgIpc) is 2.40. The van der Waals surface area contributed by atoms with Gasteiger partial charge >= 0.3 is 0 Å². The molecule has 110 valence electrons. The lowest BCUT2D eigenvalue weighted by Crippen LogP contribution is -2.15. The third-order valence-corrected chi connectivity index (χ3v) is 4.62. The van der Waals surface area contributed by atoms with E-state index in [2.05, 4.69) is 20.7 Å². The van der Waals surface area contributed by atoms with Gasteiger partial charge in [0.25, 0.3) is 15.7 Å². The van der Waals surface area contributed by atoms with Crippen molar-refractivity contribution in [2.75, 3.05) is 4.72 Å². The molecule has 0 bridgehead atoms. The standard InChI is InChI=1S/C12H8BrFN2O4S/c13-9-3-1-2-4-11(9)15-21(19,20)12-6-5-8(16(17)18)7-10(12)14/h1-7,15H. The first-order chi connectivity index (χ1) is 9.81. The molecule has 21 heavy (non-hydrogen) atoms. The van der Waals surface area contributed by atoms with Gasteiger partial charge in [0.05, 0.1) is 16.7 Å². The van der Waals surface area contributed by atoms with Crippen molar-refractivity contribution in [3.63, 3.8) is 0 Å². The van der Waals surface area contributed by atoms with Gasteiger partial charge in [-0.3, -0.25) is 14.8 Å². The zero-order valence-electron chi connectivity index (χ0n) is 10.3. The van der Waals surface area contributed by atoms with Crippen LogP contribution in [0, 0.1) is 15.9 Å². The minimum Gasteiger partial charge on any atom is -0.278 e. The van der Waals surface area contributed by atoms with Crippen LogP contribution in [0.3, 0.4) is 0 Å². The Morgan fingerprint density at radius 2 is 1.86 bits per heavy atom. The van der Waals surface area contributed by atoms with Crippen LogP contribution in [0.4, 0.5) is 15.8 Å². The van der Waals surface area contributed by atoms with Crippen LogP contribution in [0.25, 0.3) is 0 Å². The Bertz CT molecular complexity index is 811. The predicted octanol–water partition coefficient (Wildman–Crippen LogP) is 3.30. The van der Waals surface area contributed by atoms with Crippen molar-refractivity contribution in [3.05, 3.63) is 62.9 Å². The summed E-state index contributed by atoms with van der Waals surface area (Å²) in [5, 5.41) is 10.5. The maximum absolute atomic E-state index is 13.8.